The van der Waals surface area contributed by atoms with Gasteiger partial charge in [0, 0.05) is 6.07 Å². The fourth-order valence-corrected chi connectivity index (χ4v) is 4.43. The Morgan fingerprint density at radius 3 is 2.52 bits per heavy atom. The van der Waals surface area contributed by atoms with Gasteiger partial charge in [-0.1, -0.05) is 11.6 Å². The highest BCUT2D eigenvalue weighted by molar-refractivity contribution is 7.92. The molecule has 29 heavy (non-hydrogen) atoms. The smallest absolute Gasteiger partial charge is 0.326 e. The van der Waals surface area contributed by atoms with Crippen molar-refractivity contribution < 1.29 is 32.2 Å². The minimum absolute atomic E-state index is 0.0574. The summed E-state index contributed by atoms with van der Waals surface area (Å²) in [5.74, 6) is 0.463. The first-order valence-electron chi connectivity index (χ1n) is 8.78. The van der Waals surface area contributed by atoms with E-state index in [0.29, 0.717) is 30.5 Å². The molecule has 1 aliphatic rings. The Labute approximate surface area is 173 Å². The predicted octanol–water partition coefficient (Wildman–Crippen LogP) is 2.88. The fraction of sp³-hybridized carbons (Fsp3) is 0.316. The van der Waals surface area contributed by atoms with Gasteiger partial charge in [-0.3, -0.25) is 9.10 Å². The number of hydrogen-bond acceptors (Lipinski definition) is 7. The van der Waals surface area contributed by atoms with Crippen molar-refractivity contribution in [1.82, 2.24) is 0 Å². The number of anilines is 1. The van der Waals surface area contributed by atoms with Crippen LogP contribution >= 0.6 is 11.6 Å². The molecule has 0 fully saturated rings. The van der Waals surface area contributed by atoms with Crippen LogP contribution in [0.5, 0.6) is 17.2 Å². The average molecular weight is 442 g/mol. The number of hydrogen-bond donors (Lipinski definition) is 0. The second-order valence-corrected chi connectivity index (χ2v) is 8.21. The average Bonchev–Trinajstić information content (AvgIpc) is 2.71. The van der Waals surface area contributed by atoms with Crippen LogP contribution in [0.2, 0.25) is 5.02 Å². The summed E-state index contributed by atoms with van der Waals surface area (Å²) in [4.78, 5) is 12.1. The predicted molar refractivity (Wildman–Crippen MR) is 107 cm³/mol. The maximum absolute atomic E-state index is 13.4. The lowest BCUT2D eigenvalue weighted by Crippen LogP contribution is -2.36. The number of ether oxygens (including phenoxy) is 4. The topological polar surface area (TPSA) is 91.4 Å². The van der Waals surface area contributed by atoms with Crippen molar-refractivity contribution in [2.45, 2.75) is 11.8 Å². The van der Waals surface area contributed by atoms with Gasteiger partial charge in [-0.15, -0.1) is 0 Å². The van der Waals surface area contributed by atoms with Crippen molar-refractivity contribution in [3.8, 4) is 17.2 Å². The maximum atomic E-state index is 13.4. The first-order chi connectivity index (χ1) is 13.9. The van der Waals surface area contributed by atoms with Crippen molar-refractivity contribution in [3.63, 3.8) is 0 Å². The minimum Gasteiger partial charge on any atom is -0.495 e. The summed E-state index contributed by atoms with van der Waals surface area (Å²) in [6, 6.07) is 8.72. The van der Waals surface area contributed by atoms with E-state index in [9.17, 15) is 13.2 Å². The molecule has 1 aliphatic heterocycles. The lowest BCUT2D eigenvalue weighted by Gasteiger charge is -2.25. The Morgan fingerprint density at radius 1 is 1.14 bits per heavy atom. The third-order valence-corrected chi connectivity index (χ3v) is 6.17. The molecule has 3 rings (SSSR count). The van der Waals surface area contributed by atoms with E-state index in [4.69, 9.17) is 30.5 Å². The van der Waals surface area contributed by atoms with Crippen LogP contribution in [0, 0.1) is 0 Å². The van der Waals surface area contributed by atoms with E-state index in [2.05, 4.69) is 0 Å². The van der Waals surface area contributed by atoms with Gasteiger partial charge >= 0.3 is 5.97 Å². The summed E-state index contributed by atoms with van der Waals surface area (Å²) in [7, 11) is -2.69. The molecule has 1 heterocycles. The van der Waals surface area contributed by atoms with Gasteiger partial charge in [-0.25, -0.2) is 8.42 Å². The van der Waals surface area contributed by atoms with Crippen LogP contribution in [-0.2, 0) is 19.6 Å². The van der Waals surface area contributed by atoms with Gasteiger partial charge in [0.1, 0.15) is 25.5 Å². The van der Waals surface area contributed by atoms with Gasteiger partial charge in [0.25, 0.3) is 10.0 Å². The van der Waals surface area contributed by atoms with Crippen LogP contribution in [0.25, 0.3) is 0 Å². The largest absolute Gasteiger partial charge is 0.495 e. The van der Waals surface area contributed by atoms with Gasteiger partial charge in [-0.05, 0) is 37.3 Å². The lowest BCUT2D eigenvalue weighted by atomic mass is 10.3. The Bertz CT molecular complexity index is 1010. The zero-order valence-corrected chi connectivity index (χ0v) is 17.5. The molecule has 8 nitrogen and oxygen atoms in total. The third-order valence-electron chi connectivity index (χ3n) is 4.10. The van der Waals surface area contributed by atoms with E-state index in [-0.39, 0.29) is 22.2 Å². The molecule has 0 N–H and O–H groups in total. The molecule has 0 aliphatic carbocycles. The summed E-state index contributed by atoms with van der Waals surface area (Å²) in [5, 5.41) is 0.205. The molecular formula is C19H20ClNO7S. The SMILES string of the molecule is CCOC(=O)CN(c1ccc(OC)c(Cl)c1)S(=O)(=O)c1ccc2c(c1)OCCO2. The molecule has 10 heteroatoms. The Morgan fingerprint density at radius 2 is 1.86 bits per heavy atom. The normalized spacial score (nSPS) is 12.9. The third kappa shape index (κ3) is 4.51. The highest BCUT2D eigenvalue weighted by Crippen LogP contribution is 2.35. The number of fused-ring (bicyclic) bond motifs is 1. The van der Waals surface area contributed by atoms with E-state index in [0.717, 1.165) is 4.31 Å². The summed E-state index contributed by atoms with van der Waals surface area (Å²) < 4.78 is 48.6. The first kappa shape index (κ1) is 21.1. The number of benzene rings is 2. The summed E-state index contributed by atoms with van der Waals surface area (Å²) in [6.45, 7) is 1.95. The van der Waals surface area contributed by atoms with E-state index >= 15 is 0 Å². The van der Waals surface area contributed by atoms with E-state index < -0.39 is 22.5 Å². The van der Waals surface area contributed by atoms with Gasteiger partial charge in [0.2, 0.25) is 0 Å². The number of carbonyl (C=O) groups excluding carboxylic acids is 1. The molecule has 0 aromatic heterocycles. The van der Waals surface area contributed by atoms with E-state index in [1.807, 2.05) is 0 Å². The zero-order chi connectivity index (χ0) is 21.0. The van der Waals surface area contributed by atoms with Crippen LogP contribution < -0.4 is 18.5 Å². The van der Waals surface area contributed by atoms with E-state index in [1.54, 1.807) is 6.92 Å². The molecule has 0 amide bonds. The number of esters is 1. The second kappa shape index (κ2) is 8.79. The molecule has 0 saturated carbocycles. The van der Waals surface area contributed by atoms with Gasteiger partial charge in [-0.2, -0.15) is 0 Å². The minimum atomic E-state index is -4.14. The quantitative estimate of drug-likeness (QED) is 0.610. The van der Waals surface area contributed by atoms with Crippen LogP contribution in [0.3, 0.4) is 0 Å². The molecule has 156 valence electrons. The number of sulfonamides is 1. The summed E-state index contributed by atoms with van der Waals surface area (Å²) in [6.07, 6.45) is 0. The van der Waals surface area contributed by atoms with Crippen molar-refractivity contribution in [3.05, 3.63) is 41.4 Å². The van der Waals surface area contributed by atoms with Crippen LogP contribution in [0.1, 0.15) is 6.92 Å². The van der Waals surface area contributed by atoms with Crippen LogP contribution in [-0.4, -0.2) is 47.9 Å². The molecule has 2 aromatic rings. The number of rotatable bonds is 7. The lowest BCUT2D eigenvalue weighted by molar-refractivity contribution is -0.141. The van der Waals surface area contributed by atoms with Crippen LogP contribution in [0.15, 0.2) is 41.3 Å². The molecule has 0 saturated heterocycles. The monoisotopic (exact) mass is 441 g/mol. The summed E-state index contributed by atoms with van der Waals surface area (Å²) >= 11 is 6.16. The highest BCUT2D eigenvalue weighted by Gasteiger charge is 2.30. The molecule has 2 aromatic carbocycles. The van der Waals surface area contributed by atoms with Crippen molar-refractivity contribution in [1.29, 1.82) is 0 Å². The molecule has 0 bridgehead atoms. The van der Waals surface area contributed by atoms with Crippen LogP contribution in [0.4, 0.5) is 5.69 Å². The first-order valence-corrected chi connectivity index (χ1v) is 10.6. The number of halogens is 1. The number of nitrogens with zero attached hydrogens (tertiary/aromatic N) is 1. The number of methoxy groups -OCH3 is 1. The van der Waals surface area contributed by atoms with Crippen molar-refractivity contribution >= 4 is 33.3 Å². The van der Waals surface area contributed by atoms with Gasteiger partial charge < -0.3 is 18.9 Å². The molecule has 0 atom stereocenters. The standard InChI is InChI=1S/C19H20ClNO7S/c1-3-26-19(22)12-21(13-4-6-16(25-2)15(20)10-13)29(23,24)14-5-7-17-18(11-14)28-9-8-27-17/h4-7,10-11H,3,8-9,12H2,1-2H3. The fourth-order valence-electron chi connectivity index (χ4n) is 2.76. The summed E-state index contributed by atoms with van der Waals surface area (Å²) in [5.41, 5.74) is 0.193. The Balaban J connectivity index is 2.04. The number of carbonyl (C=O) groups is 1. The zero-order valence-electron chi connectivity index (χ0n) is 15.9. The van der Waals surface area contributed by atoms with Gasteiger partial charge in [0.15, 0.2) is 11.5 Å². The molecule has 0 spiro atoms. The Kier molecular flexibility index (Phi) is 6.39. The maximum Gasteiger partial charge on any atom is 0.326 e. The highest BCUT2D eigenvalue weighted by atomic mass is 35.5. The molecular weight excluding hydrogens is 422 g/mol. The second-order valence-electron chi connectivity index (χ2n) is 5.94. The molecule has 0 unspecified atom stereocenters. The van der Waals surface area contributed by atoms with E-state index in [1.165, 1.54) is 43.5 Å². The van der Waals surface area contributed by atoms with Crippen molar-refractivity contribution in [2.75, 3.05) is 37.8 Å². The van der Waals surface area contributed by atoms with Crippen molar-refractivity contribution in [2.24, 2.45) is 0 Å². The Hall–Kier alpha value is -2.65. The van der Waals surface area contributed by atoms with Gasteiger partial charge in [0.05, 0.1) is 29.3 Å². The molecule has 0 radical (unpaired) electrons.